The first-order chi connectivity index (χ1) is 18.2. The fraction of sp³-hybridized carbons (Fsp3) is 0.357. The lowest BCUT2D eigenvalue weighted by Gasteiger charge is -2.32. The Balaban J connectivity index is 1.70. The second-order valence-corrected chi connectivity index (χ2v) is 9.72. The van der Waals surface area contributed by atoms with E-state index in [2.05, 4.69) is 15.3 Å². The van der Waals surface area contributed by atoms with E-state index in [1.54, 1.807) is 0 Å². The van der Waals surface area contributed by atoms with E-state index in [4.69, 9.17) is 4.98 Å². The molecule has 5 rings (SSSR count). The Morgan fingerprint density at radius 3 is 2.42 bits per heavy atom. The lowest BCUT2D eigenvalue weighted by molar-refractivity contribution is -0.137. The van der Waals surface area contributed by atoms with Gasteiger partial charge in [-0.15, -0.1) is 0 Å². The molecule has 1 fully saturated rings. The second kappa shape index (κ2) is 10.1. The Hall–Kier alpha value is -3.95. The molecule has 4 aromatic rings. The minimum atomic E-state index is -4.43. The maximum absolute atomic E-state index is 13.2. The summed E-state index contributed by atoms with van der Waals surface area (Å²) in [6.07, 6.45) is -0.390. The topological polar surface area (TPSA) is 92.9 Å². The first-order valence-electron chi connectivity index (χ1n) is 12.7. The molecule has 0 bridgehead atoms. The molecule has 2 heterocycles. The molecule has 1 aliphatic rings. The number of aromatic carboxylic acids is 1. The molecular weight excluding hydrogens is 495 g/mol. The molecule has 0 amide bonds. The van der Waals surface area contributed by atoms with Crippen molar-refractivity contribution in [2.45, 2.75) is 58.3 Å². The van der Waals surface area contributed by atoms with Crippen molar-refractivity contribution in [3.63, 3.8) is 0 Å². The van der Waals surface area contributed by atoms with E-state index < -0.39 is 17.7 Å². The molecule has 1 saturated carbocycles. The van der Waals surface area contributed by atoms with Crippen molar-refractivity contribution in [2.24, 2.45) is 5.92 Å². The lowest BCUT2D eigenvalue weighted by Crippen LogP contribution is -2.31. The number of alkyl halides is 3. The minimum Gasteiger partial charge on any atom is -0.475 e. The van der Waals surface area contributed by atoms with Gasteiger partial charge in [-0.1, -0.05) is 49.7 Å². The summed E-state index contributed by atoms with van der Waals surface area (Å²) in [5, 5.41) is 13.1. The summed E-state index contributed by atoms with van der Waals surface area (Å²) < 4.78 is 41.4. The number of benzene rings is 2. The van der Waals surface area contributed by atoms with Crippen LogP contribution in [-0.4, -0.2) is 36.6 Å². The number of nitrogens with zero attached hydrogens (tertiary/aromatic N) is 4. The predicted molar refractivity (Wildman–Crippen MR) is 138 cm³/mol. The Bertz CT molecular complexity index is 1480. The molecule has 10 heteroatoms. The van der Waals surface area contributed by atoms with E-state index >= 15 is 0 Å². The van der Waals surface area contributed by atoms with Gasteiger partial charge in [0.2, 0.25) is 5.82 Å². The Morgan fingerprint density at radius 2 is 1.82 bits per heavy atom. The van der Waals surface area contributed by atoms with Gasteiger partial charge in [0.05, 0.1) is 5.56 Å². The molecule has 38 heavy (non-hydrogen) atoms. The monoisotopic (exact) mass is 523 g/mol. The number of hydrogen-bond donors (Lipinski definition) is 2. The summed E-state index contributed by atoms with van der Waals surface area (Å²) >= 11 is 0. The third kappa shape index (κ3) is 4.94. The largest absolute Gasteiger partial charge is 0.475 e. The van der Waals surface area contributed by atoms with Crippen LogP contribution in [0.15, 0.2) is 48.5 Å². The average molecular weight is 524 g/mol. The quantitative estimate of drug-likeness (QED) is 0.277. The van der Waals surface area contributed by atoms with Gasteiger partial charge in [-0.25, -0.2) is 19.7 Å². The molecule has 1 unspecified atom stereocenters. The fourth-order valence-electron chi connectivity index (χ4n) is 4.89. The maximum Gasteiger partial charge on any atom is 0.416 e. The smallest absolute Gasteiger partial charge is 0.416 e. The Morgan fingerprint density at radius 1 is 1.11 bits per heavy atom. The molecule has 2 N–H and O–H groups in total. The summed E-state index contributed by atoms with van der Waals surface area (Å²) in [7, 11) is 0. The van der Waals surface area contributed by atoms with Crippen molar-refractivity contribution in [3.8, 4) is 11.4 Å². The van der Waals surface area contributed by atoms with Crippen LogP contribution in [0.25, 0.3) is 22.6 Å². The van der Waals surface area contributed by atoms with Gasteiger partial charge >= 0.3 is 12.1 Å². The number of carbonyl (C=O) groups is 1. The zero-order chi connectivity index (χ0) is 27.0. The van der Waals surface area contributed by atoms with Gasteiger partial charge in [-0.3, -0.25) is 0 Å². The average Bonchev–Trinajstić information content (AvgIpc) is 3.20. The molecule has 198 valence electrons. The third-order valence-electron chi connectivity index (χ3n) is 7.28. The number of rotatable bonds is 8. The first-order valence-corrected chi connectivity index (χ1v) is 12.7. The molecule has 0 aliphatic heterocycles. The summed E-state index contributed by atoms with van der Waals surface area (Å²) in [6.45, 7) is 4.27. The van der Waals surface area contributed by atoms with Crippen molar-refractivity contribution >= 4 is 23.0 Å². The maximum atomic E-state index is 13.2. The SMILES string of the molecule is CCc1ccccc1-c1nc2nc(C(=O)O)nc(NC(C)C3CCC3)c2n1Cc1ccc(C(F)(F)F)cc1. The Labute approximate surface area is 217 Å². The number of hydrogen-bond acceptors (Lipinski definition) is 5. The van der Waals surface area contributed by atoms with E-state index in [1.165, 1.54) is 12.1 Å². The molecule has 2 aromatic carbocycles. The number of anilines is 1. The number of carboxylic acids is 1. The van der Waals surface area contributed by atoms with Crippen LogP contribution in [-0.2, 0) is 19.1 Å². The van der Waals surface area contributed by atoms with Crippen molar-refractivity contribution in [2.75, 3.05) is 5.32 Å². The van der Waals surface area contributed by atoms with E-state index in [0.717, 1.165) is 48.9 Å². The van der Waals surface area contributed by atoms with Gasteiger partial charge in [-0.2, -0.15) is 13.2 Å². The van der Waals surface area contributed by atoms with Crippen molar-refractivity contribution < 1.29 is 23.1 Å². The molecule has 2 aromatic heterocycles. The fourth-order valence-corrected chi connectivity index (χ4v) is 4.89. The normalized spacial score (nSPS) is 14.9. The van der Waals surface area contributed by atoms with Gasteiger partial charge in [0, 0.05) is 18.2 Å². The molecule has 0 radical (unpaired) electrons. The van der Waals surface area contributed by atoms with Crippen LogP contribution in [0.2, 0.25) is 0 Å². The molecule has 0 spiro atoms. The highest BCUT2D eigenvalue weighted by molar-refractivity contribution is 5.92. The van der Waals surface area contributed by atoms with Gasteiger partial charge in [0.1, 0.15) is 11.3 Å². The highest BCUT2D eigenvalue weighted by atomic mass is 19.4. The first kappa shape index (κ1) is 25.7. The van der Waals surface area contributed by atoms with Gasteiger partial charge < -0.3 is 15.0 Å². The van der Waals surface area contributed by atoms with Crippen LogP contribution < -0.4 is 5.32 Å². The van der Waals surface area contributed by atoms with Crippen LogP contribution >= 0.6 is 0 Å². The van der Waals surface area contributed by atoms with E-state index in [1.807, 2.05) is 42.7 Å². The van der Waals surface area contributed by atoms with Crippen LogP contribution in [0.5, 0.6) is 0 Å². The predicted octanol–water partition coefficient (Wildman–Crippen LogP) is 6.42. The third-order valence-corrected chi connectivity index (χ3v) is 7.28. The second-order valence-electron chi connectivity index (χ2n) is 9.72. The van der Waals surface area contributed by atoms with Gasteiger partial charge in [0.15, 0.2) is 11.5 Å². The van der Waals surface area contributed by atoms with E-state index in [9.17, 15) is 23.1 Å². The minimum absolute atomic E-state index is 0.0456. The summed E-state index contributed by atoms with van der Waals surface area (Å²) in [4.78, 5) is 25.2. The number of nitrogens with one attached hydrogen (secondary N) is 1. The van der Waals surface area contributed by atoms with Crippen LogP contribution in [0.1, 0.15) is 60.4 Å². The summed E-state index contributed by atoms with van der Waals surface area (Å²) in [6, 6.07) is 12.8. The molecule has 1 aliphatic carbocycles. The number of aromatic nitrogens is 4. The zero-order valence-corrected chi connectivity index (χ0v) is 21.1. The number of halogens is 3. The van der Waals surface area contributed by atoms with E-state index in [-0.39, 0.29) is 24.1 Å². The zero-order valence-electron chi connectivity index (χ0n) is 21.1. The standard InChI is InChI=1S/C28H28F3N5O2/c1-3-18-7-4-5-10-21(18)26-35-24-22(36(26)15-17-11-13-20(14-12-17)28(29,30)31)23(33-25(34-24)27(37)38)32-16(2)19-8-6-9-19/h4-5,7,10-14,16,19H,3,6,8-9,15H2,1-2H3,(H,37,38)(H,32,33,34). The summed E-state index contributed by atoms with van der Waals surface area (Å²) in [5.41, 5.74) is 2.51. The highest BCUT2D eigenvalue weighted by Crippen LogP contribution is 2.35. The van der Waals surface area contributed by atoms with Crippen molar-refractivity contribution in [3.05, 3.63) is 71.0 Å². The van der Waals surface area contributed by atoms with Crippen molar-refractivity contribution in [1.29, 1.82) is 0 Å². The van der Waals surface area contributed by atoms with Crippen LogP contribution in [0.3, 0.4) is 0 Å². The highest BCUT2D eigenvalue weighted by Gasteiger charge is 2.30. The Kier molecular flexibility index (Phi) is 6.81. The van der Waals surface area contributed by atoms with Crippen molar-refractivity contribution in [1.82, 2.24) is 19.5 Å². The summed E-state index contributed by atoms with van der Waals surface area (Å²) in [5.74, 6) is -0.283. The number of aryl methyl sites for hydroxylation is 1. The van der Waals surface area contributed by atoms with Gasteiger partial charge in [0.25, 0.3) is 0 Å². The van der Waals surface area contributed by atoms with Gasteiger partial charge in [-0.05, 0) is 55.4 Å². The number of fused-ring (bicyclic) bond motifs is 1. The number of imidazole rings is 1. The molecule has 7 nitrogen and oxygen atoms in total. The lowest BCUT2D eigenvalue weighted by atomic mass is 9.80. The van der Waals surface area contributed by atoms with E-state index in [0.29, 0.717) is 28.6 Å². The molecule has 0 saturated heterocycles. The molecule has 1 atom stereocenters. The van der Waals surface area contributed by atoms with Crippen LogP contribution in [0.4, 0.5) is 19.0 Å². The molecular formula is C28H28F3N5O2. The number of carboxylic acid groups (broad SMARTS) is 1. The van der Waals surface area contributed by atoms with Crippen LogP contribution in [0, 0.1) is 5.92 Å².